The Balaban J connectivity index is 1.85. The summed E-state index contributed by atoms with van der Waals surface area (Å²) in [6, 6.07) is 10.1. The zero-order valence-corrected chi connectivity index (χ0v) is 9.87. The van der Waals surface area contributed by atoms with E-state index in [1.165, 1.54) is 12.8 Å². The van der Waals surface area contributed by atoms with Crippen LogP contribution in [0.4, 0.5) is 0 Å². The second-order valence-electron chi connectivity index (χ2n) is 4.41. The Kier molecular flexibility index (Phi) is 2.79. The topological polar surface area (TPSA) is 66.5 Å². The first-order valence-corrected chi connectivity index (χ1v) is 5.99. The lowest BCUT2D eigenvalue weighted by atomic mass is 10.2. The highest BCUT2D eigenvalue weighted by molar-refractivity contribution is 5.41. The molecular formula is C13H13N5. The molecule has 1 aliphatic carbocycles. The Labute approximate surface area is 105 Å². The number of rotatable bonds is 4. The molecule has 3 rings (SSSR count). The lowest BCUT2D eigenvalue weighted by Crippen LogP contribution is -2.18. The van der Waals surface area contributed by atoms with Crippen LogP contribution in [0.2, 0.25) is 0 Å². The predicted molar refractivity (Wildman–Crippen MR) is 65.9 cm³/mol. The van der Waals surface area contributed by atoms with Crippen molar-refractivity contribution in [2.24, 2.45) is 0 Å². The van der Waals surface area contributed by atoms with Crippen LogP contribution in [-0.2, 0) is 6.54 Å². The minimum Gasteiger partial charge on any atom is -0.307 e. The van der Waals surface area contributed by atoms with Gasteiger partial charge in [-0.05, 0) is 31.0 Å². The zero-order valence-electron chi connectivity index (χ0n) is 9.87. The maximum absolute atomic E-state index is 8.91. The first-order chi connectivity index (χ1) is 8.86. The Bertz CT molecular complexity index is 591. The van der Waals surface area contributed by atoms with E-state index in [1.54, 1.807) is 17.1 Å². The van der Waals surface area contributed by atoms with Gasteiger partial charge in [-0.15, -0.1) is 0 Å². The van der Waals surface area contributed by atoms with Crippen molar-refractivity contribution >= 4 is 0 Å². The van der Waals surface area contributed by atoms with Crippen LogP contribution in [0, 0.1) is 11.3 Å². The van der Waals surface area contributed by atoms with Gasteiger partial charge in [0.1, 0.15) is 12.2 Å². The standard InChI is InChI=1S/C13H13N5/c14-7-10-2-1-3-12(6-10)18-13(16-9-17-18)8-15-11-4-5-11/h1-3,6,9,11,15H,4-5,8H2. The molecule has 0 saturated heterocycles. The third-order valence-electron chi connectivity index (χ3n) is 2.96. The maximum atomic E-state index is 8.91. The predicted octanol–water partition coefficient (Wildman–Crippen LogP) is 1.39. The molecule has 5 nitrogen and oxygen atoms in total. The van der Waals surface area contributed by atoms with E-state index < -0.39 is 0 Å². The Morgan fingerprint density at radius 1 is 1.44 bits per heavy atom. The van der Waals surface area contributed by atoms with Gasteiger partial charge in [0.05, 0.1) is 23.9 Å². The zero-order chi connectivity index (χ0) is 12.4. The molecule has 0 bridgehead atoms. The van der Waals surface area contributed by atoms with Gasteiger partial charge in [0, 0.05) is 6.04 Å². The lowest BCUT2D eigenvalue weighted by molar-refractivity contribution is 0.638. The van der Waals surface area contributed by atoms with Crippen molar-refractivity contribution in [3.8, 4) is 11.8 Å². The van der Waals surface area contributed by atoms with Gasteiger partial charge in [-0.1, -0.05) is 6.07 Å². The maximum Gasteiger partial charge on any atom is 0.146 e. The summed E-state index contributed by atoms with van der Waals surface area (Å²) in [5, 5.41) is 16.5. The molecule has 1 fully saturated rings. The van der Waals surface area contributed by atoms with Crippen LogP contribution in [0.1, 0.15) is 24.2 Å². The number of hydrogen-bond acceptors (Lipinski definition) is 4. The summed E-state index contributed by atoms with van der Waals surface area (Å²) in [6.45, 7) is 0.710. The molecule has 0 atom stereocenters. The molecule has 0 radical (unpaired) electrons. The molecule has 0 unspecified atom stereocenters. The van der Waals surface area contributed by atoms with Gasteiger partial charge in [0.15, 0.2) is 0 Å². The summed E-state index contributed by atoms with van der Waals surface area (Å²) in [5.41, 5.74) is 1.50. The van der Waals surface area contributed by atoms with E-state index in [2.05, 4.69) is 21.5 Å². The highest BCUT2D eigenvalue weighted by atomic mass is 15.3. The summed E-state index contributed by atoms with van der Waals surface area (Å²) in [6.07, 6.45) is 4.04. The number of aromatic nitrogens is 3. The molecule has 2 aromatic rings. The average Bonchev–Trinajstić information content (AvgIpc) is 3.13. The van der Waals surface area contributed by atoms with Crippen LogP contribution in [0.25, 0.3) is 5.69 Å². The monoisotopic (exact) mass is 239 g/mol. The summed E-state index contributed by atoms with van der Waals surface area (Å²) in [5.74, 6) is 0.872. The fraction of sp³-hybridized carbons (Fsp3) is 0.308. The quantitative estimate of drug-likeness (QED) is 0.875. The summed E-state index contributed by atoms with van der Waals surface area (Å²) >= 11 is 0. The fourth-order valence-electron chi connectivity index (χ4n) is 1.83. The first kappa shape index (κ1) is 10.9. The molecule has 0 aliphatic heterocycles. The molecule has 1 aromatic heterocycles. The van der Waals surface area contributed by atoms with Crippen molar-refractivity contribution in [3.05, 3.63) is 42.0 Å². The Morgan fingerprint density at radius 3 is 3.11 bits per heavy atom. The van der Waals surface area contributed by atoms with Gasteiger partial charge in [-0.3, -0.25) is 0 Å². The van der Waals surface area contributed by atoms with E-state index >= 15 is 0 Å². The SMILES string of the molecule is N#Cc1cccc(-n2ncnc2CNC2CC2)c1. The molecule has 1 N–H and O–H groups in total. The van der Waals surface area contributed by atoms with Crippen molar-refractivity contribution < 1.29 is 0 Å². The van der Waals surface area contributed by atoms with Crippen LogP contribution < -0.4 is 5.32 Å². The average molecular weight is 239 g/mol. The van der Waals surface area contributed by atoms with Gasteiger partial charge in [0.25, 0.3) is 0 Å². The van der Waals surface area contributed by atoms with E-state index in [9.17, 15) is 0 Å². The third kappa shape index (κ3) is 2.24. The molecular weight excluding hydrogens is 226 g/mol. The minimum absolute atomic E-state index is 0.629. The van der Waals surface area contributed by atoms with Crippen LogP contribution in [0.5, 0.6) is 0 Å². The van der Waals surface area contributed by atoms with E-state index in [-0.39, 0.29) is 0 Å². The van der Waals surface area contributed by atoms with Crippen molar-refractivity contribution in [2.75, 3.05) is 0 Å². The van der Waals surface area contributed by atoms with E-state index in [0.717, 1.165) is 11.5 Å². The normalized spacial score (nSPS) is 14.4. The van der Waals surface area contributed by atoms with Crippen molar-refractivity contribution in [1.82, 2.24) is 20.1 Å². The minimum atomic E-state index is 0.629. The summed E-state index contributed by atoms with van der Waals surface area (Å²) in [4.78, 5) is 4.25. The number of hydrogen-bond donors (Lipinski definition) is 1. The lowest BCUT2D eigenvalue weighted by Gasteiger charge is -2.06. The van der Waals surface area contributed by atoms with Gasteiger partial charge in [0.2, 0.25) is 0 Å². The van der Waals surface area contributed by atoms with E-state index in [1.807, 2.05) is 18.2 Å². The molecule has 1 aliphatic rings. The second kappa shape index (κ2) is 4.59. The number of nitriles is 1. The molecule has 1 heterocycles. The molecule has 1 saturated carbocycles. The van der Waals surface area contributed by atoms with Crippen molar-refractivity contribution in [3.63, 3.8) is 0 Å². The van der Waals surface area contributed by atoms with Gasteiger partial charge in [-0.2, -0.15) is 10.4 Å². The Morgan fingerprint density at radius 2 is 2.33 bits per heavy atom. The van der Waals surface area contributed by atoms with Crippen LogP contribution in [0.15, 0.2) is 30.6 Å². The molecule has 18 heavy (non-hydrogen) atoms. The molecule has 0 spiro atoms. The second-order valence-corrected chi connectivity index (χ2v) is 4.41. The molecule has 1 aromatic carbocycles. The summed E-state index contributed by atoms with van der Waals surface area (Å²) in [7, 11) is 0. The largest absolute Gasteiger partial charge is 0.307 e. The van der Waals surface area contributed by atoms with Crippen LogP contribution in [-0.4, -0.2) is 20.8 Å². The van der Waals surface area contributed by atoms with Crippen molar-refractivity contribution in [2.45, 2.75) is 25.4 Å². The first-order valence-electron chi connectivity index (χ1n) is 5.99. The smallest absolute Gasteiger partial charge is 0.146 e. The van der Waals surface area contributed by atoms with E-state index in [0.29, 0.717) is 18.2 Å². The number of nitrogens with one attached hydrogen (secondary N) is 1. The van der Waals surface area contributed by atoms with E-state index in [4.69, 9.17) is 5.26 Å². The van der Waals surface area contributed by atoms with Crippen LogP contribution in [0.3, 0.4) is 0 Å². The molecule has 90 valence electrons. The Hall–Kier alpha value is -2.19. The number of nitrogens with zero attached hydrogens (tertiary/aromatic N) is 4. The molecule has 0 amide bonds. The van der Waals surface area contributed by atoms with Gasteiger partial charge >= 0.3 is 0 Å². The van der Waals surface area contributed by atoms with Crippen LogP contribution >= 0.6 is 0 Å². The third-order valence-corrected chi connectivity index (χ3v) is 2.96. The van der Waals surface area contributed by atoms with Gasteiger partial charge < -0.3 is 5.32 Å². The van der Waals surface area contributed by atoms with Gasteiger partial charge in [-0.25, -0.2) is 9.67 Å². The fourth-order valence-corrected chi connectivity index (χ4v) is 1.83. The number of benzene rings is 1. The highest BCUT2D eigenvalue weighted by Crippen LogP contribution is 2.19. The highest BCUT2D eigenvalue weighted by Gasteiger charge is 2.21. The molecule has 5 heteroatoms. The summed E-state index contributed by atoms with van der Waals surface area (Å²) < 4.78 is 1.77. The van der Waals surface area contributed by atoms with Crippen molar-refractivity contribution in [1.29, 1.82) is 5.26 Å².